The number of pyridine rings is 1. The van der Waals surface area contributed by atoms with E-state index in [0.717, 1.165) is 10.5 Å². The minimum Gasteiger partial charge on any atom is -0.493 e. The van der Waals surface area contributed by atoms with Crippen molar-refractivity contribution in [3.05, 3.63) is 82.5 Å². The molecule has 1 N–H and O–H groups in total. The summed E-state index contributed by atoms with van der Waals surface area (Å²) >= 11 is 1.51. The van der Waals surface area contributed by atoms with Gasteiger partial charge in [-0.05, 0) is 49.7 Å². The van der Waals surface area contributed by atoms with Gasteiger partial charge in [-0.3, -0.25) is 9.36 Å². The lowest BCUT2D eigenvalue weighted by atomic mass is 10.2. The van der Waals surface area contributed by atoms with Crippen LogP contribution in [0.15, 0.2) is 70.5 Å². The molecule has 0 aliphatic carbocycles. The summed E-state index contributed by atoms with van der Waals surface area (Å²) in [6.45, 7) is 3.43. The van der Waals surface area contributed by atoms with Crippen LogP contribution in [0, 0.1) is 5.82 Å². The Morgan fingerprint density at radius 2 is 1.80 bits per heavy atom. The number of benzene rings is 2. The molecular weight excluding hydrogens is 405 g/mol. The summed E-state index contributed by atoms with van der Waals surface area (Å²) in [5, 5.41) is 9.84. The molecule has 3 rings (SSSR count). The van der Waals surface area contributed by atoms with Crippen LogP contribution in [-0.4, -0.2) is 29.0 Å². The highest BCUT2D eigenvalue weighted by Gasteiger charge is 2.16. The molecule has 0 amide bonds. The van der Waals surface area contributed by atoms with Gasteiger partial charge in [0.05, 0.1) is 18.4 Å². The fraction of sp³-hybridized carbons (Fsp3) is 0.261. The molecule has 2 aromatic carbocycles. The van der Waals surface area contributed by atoms with Gasteiger partial charge in [0.15, 0.2) is 11.5 Å². The average molecular weight is 430 g/mol. The van der Waals surface area contributed by atoms with Gasteiger partial charge < -0.3 is 14.6 Å². The van der Waals surface area contributed by atoms with Crippen molar-refractivity contribution in [1.29, 1.82) is 0 Å². The van der Waals surface area contributed by atoms with Crippen molar-refractivity contribution < 1.29 is 19.0 Å². The van der Waals surface area contributed by atoms with E-state index in [1.165, 1.54) is 35.6 Å². The van der Waals surface area contributed by atoms with Crippen molar-refractivity contribution in [3.63, 3.8) is 0 Å². The van der Waals surface area contributed by atoms with Crippen molar-refractivity contribution in [2.24, 2.45) is 0 Å². The molecule has 3 aromatic rings. The number of hydrogen-bond donors (Lipinski definition) is 1. The Morgan fingerprint density at radius 3 is 2.43 bits per heavy atom. The van der Waals surface area contributed by atoms with Gasteiger partial charge in [-0.25, -0.2) is 4.39 Å². The second-order valence-corrected chi connectivity index (χ2v) is 8.47. The van der Waals surface area contributed by atoms with Crippen molar-refractivity contribution in [2.75, 3.05) is 13.7 Å². The molecular formula is C23H24FNO4S. The third-order valence-corrected chi connectivity index (χ3v) is 5.28. The van der Waals surface area contributed by atoms with E-state index in [-0.39, 0.29) is 18.0 Å². The molecule has 0 saturated carbocycles. The van der Waals surface area contributed by atoms with E-state index < -0.39 is 5.60 Å². The number of hydrogen-bond acceptors (Lipinski definition) is 5. The number of halogens is 1. The predicted octanol–water partition coefficient (Wildman–Crippen LogP) is 4.43. The molecule has 0 saturated heterocycles. The van der Waals surface area contributed by atoms with E-state index in [1.807, 2.05) is 6.07 Å². The third kappa shape index (κ3) is 5.87. The van der Waals surface area contributed by atoms with Crippen LogP contribution in [0.3, 0.4) is 0 Å². The fourth-order valence-corrected chi connectivity index (χ4v) is 3.56. The largest absolute Gasteiger partial charge is 0.493 e. The van der Waals surface area contributed by atoms with Gasteiger partial charge in [0.25, 0.3) is 5.56 Å². The third-order valence-electron chi connectivity index (χ3n) is 4.22. The smallest absolute Gasteiger partial charge is 0.256 e. The maximum Gasteiger partial charge on any atom is 0.256 e. The Hall–Kier alpha value is -2.77. The Labute approximate surface area is 179 Å². The minimum absolute atomic E-state index is 0.114. The van der Waals surface area contributed by atoms with E-state index in [1.54, 1.807) is 56.4 Å². The number of aliphatic hydroxyl groups is 1. The number of thioether (sulfide) groups is 1. The molecule has 1 heterocycles. The normalized spacial score (nSPS) is 11.4. The topological polar surface area (TPSA) is 60.7 Å². The zero-order valence-electron chi connectivity index (χ0n) is 17.1. The van der Waals surface area contributed by atoms with E-state index in [0.29, 0.717) is 22.9 Å². The van der Waals surface area contributed by atoms with Crippen LogP contribution in [0.5, 0.6) is 11.5 Å². The van der Waals surface area contributed by atoms with Crippen LogP contribution in [-0.2, 0) is 5.75 Å². The first-order valence-corrected chi connectivity index (χ1v) is 10.4. The van der Waals surface area contributed by atoms with Crippen LogP contribution in [0.1, 0.15) is 19.4 Å². The molecule has 30 heavy (non-hydrogen) atoms. The van der Waals surface area contributed by atoms with Crippen molar-refractivity contribution in [3.8, 4) is 17.2 Å². The molecule has 1 aromatic heterocycles. The lowest BCUT2D eigenvalue weighted by Gasteiger charge is -2.19. The molecule has 7 heteroatoms. The lowest BCUT2D eigenvalue weighted by molar-refractivity contribution is 0.0276. The quantitative estimate of drug-likeness (QED) is 0.537. The second-order valence-electron chi connectivity index (χ2n) is 7.42. The molecule has 0 atom stereocenters. The predicted molar refractivity (Wildman–Crippen MR) is 116 cm³/mol. The molecule has 0 fully saturated rings. The van der Waals surface area contributed by atoms with E-state index in [9.17, 15) is 14.3 Å². The van der Waals surface area contributed by atoms with Crippen molar-refractivity contribution in [2.45, 2.75) is 30.1 Å². The first-order chi connectivity index (χ1) is 14.2. The van der Waals surface area contributed by atoms with Crippen LogP contribution in [0.2, 0.25) is 0 Å². The van der Waals surface area contributed by atoms with Gasteiger partial charge in [-0.15, -0.1) is 11.8 Å². The second kappa shape index (κ2) is 9.36. The summed E-state index contributed by atoms with van der Waals surface area (Å²) in [5.41, 5.74) is 0.480. The van der Waals surface area contributed by atoms with Crippen LogP contribution < -0.4 is 15.0 Å². The molecule has 0 aliphatic heterocycles. The molecule has 158 valence electrons. The minimum atomic E-state index is -0.970. The Kier molecular flexibility index (Phi) is 6.84. The number of rotatable bonds is 8. The zero-order valence-corrected chi connectivity index (χ0v) is 17.9. The Bertz CT molecular complexity index is 1060. The molecule has 0 radical (unpaired) electrons. The van der Waals surface area contributed by atoms with E-state index in [4.69, 9.17) is 9.47 Å². The molecule has 0 unspecified atom stereocenters. The monoisotopic (exact) mass is 429 g/mol. The number of methoxy groups -OCH3 is 1. The van der Waals surface area contributed by atoms with Crippen molar-refractivity contribution >= 4 is 11.8 Å². The molecule has 0 spiro atoms. The van der Waals surface area contributed by atoms with Gasteiger partial charge in [0.2, 0.25) is 0 Å². The SMILES string of the molecule is COc1cc(-n2ccc(SCc3ccc(F)cc3)cc2=O)ccc1OCC(C)(C)O. The summed E-state index contributed by atoms with van der Waals surface area (Å²) in [7, 11) is 1.52. The summed E-state index contributed by atoms with van der Waals surface area (Å²) in [6, 6.07) is 14.9. The number of nitrogens with zero attached hydrogens (tertiary/aromatic N) is 1. The zero-order chi connectivity index (χ0) is 21.7. The summed E-state index contributed by atoms with van der Waals surface area (Å²) in [5.74, 6) is 1.34. The summed E-state index contributed by atoms with van der Waals surface area (Å²) < 4.78 is 25.5. The maximum absolute atomic E-state index is 13.0. The first-order valence-electron chi connectivity index (χ1n) is 9.39. The maximum atomic E-state index is 13.0. The van der Waals surface area contributed by atoms with Gasteiger partial charge in [0.1, 0.15) is 12.4 Å². The first kappa shape index (κ1) is 21.9. The molecule has 0 aliphatic rings. The number of aromatic nitrogens is 1. The standard InChI is InChI=1S/C23H24FNO4S/c1-23(2,27)15-29-20-9-8-18(12-21(20)28-3)25-11-10-19(13-22(25)26)30-14-16-4-6-17(24)7-5-16/h4-13,27H,14-15H2,1-3H3. The van der Waals surface area contributed by atoms with Crippen molar-refractivity contribution in [1.82, 2.24) is 4.57 Å². The van der Waals surface area contributed by atoms with Gasteiger partial charge in [-0.1, -0.05) is 12.1 Å². The fourth-order valence-electron chi connectivity index (χ4n) is 2.69. The van der Waals surface area contributed by atoms with Crippen LogP contribution in [0.4, 0.5) is 4.39 Å². The van der Waals surface area contributed by atoms with Crippen LogP contribution >= 0.6 is 11.8 Å². The van der Waals surface area contributed by atoms with Gasteiger partial charge >= 0.3 is 0 Å². The van der Waals surface area contributed by atoms with Crippen LogP contribution in [0.25, 0.3) is 5.69 Å². The molecule has 0 bridgehead atoms. The van der Waals surface area contributed by atoms with E-state index >= 15 is 0 Å². The highest BCUT2D eigenvalue weighted by molar-refractivity contribution is 7.98. The highest BCUT2D eigenvalue weighted by atomic mass is 32.2. The van der Waals surface area contributed by atoms with Gasteiger partial charge in [-0.2, -0.15) is 0 Å². The van der Waals surface area contributed by atoms with E-state index in [2.05, 4.69) is 0 Å². The molecule has 5 nitrogen and oxygen atoms in total. The summed E-state index contributed by atoms with van der Waals surface area (Å²) in [6.07, 6.45) is 1.71. The Morgan fingerprint density at radius 1 is 1.07 bits per heavy atom. The van der Waals surface area contributed by atoms with Gasteiger partial charge in [0, 0.05) is 29.0 Å². The summed E-state index contributed by atoms with van der Waals surface area (Å²) in [4.78, 5) is 13.5. The number of ether oxygens (including phenoxy) is 2. The Balaban J connectivity index is 1.75. The average Bonchev–Trinajstić information content (AvgIpc) is 2.71. The lowest BCUT2D eigenvalue weighted by Crippen LogP contribution is -2.28. The highest BCUT2D eigenvalue weighted by Crippen LogP contribution is 2.30.